The lowest BCUT2D eigenvalue weighted by Crippen LogP contribution is -2.38. The van der Waals surface area contributed by atoms with Gasteiger partial charge in [0.1, 0.15) is 15.5 Å². The maximum absolute atomic E-state index is 14.5. The number of hydrogen-bond donors (Lipinski definition) is 1. The molecule has 0 aliphatic carbocycles. The van der Waals surface area contributed by atoms with E-state index in [1.807, 2.05) is 0 Å². The molecule has 2 aliphatic rings. The van der Waals surface area contributed by atoms with Gasteiger partial charge in [0.2, 0.25) is 10.0 Å². The molecule has 6 nitrogen and oxygen atoms in total. The molecule has 2 saturated heterocycles. The third-order valence-corrected chi connectivity index (χ3v) is 9.05. The number of thioether (sulfide) groups is 1. The van der Waals surface area contributed by atoms with Crippen LogP contribution in [0.25, 0.3) is 0 Å². The monoisotopic (exact) mass is 473 g/mol. The molecule has 0 saturated carbocycles. The van der Waals surface area contributed by atoms with Crippen molar-refractivity contribution in [3.8, 4) is 0 Å². The van der Waals surface area contributed by atoms with Crippen LogP contribution in [-0.2, 0) is 10.0 Å². The fourth-order valence-corrected chi connectivity index (χ4v) is 7.53. The fraction of sp³-hybridized carbons (Fsp3) is 0.421. The molecule has 1 N–H and O–H groups in total. The highest BCUT2D eigenvalue weighted by atomic mass is 32.2. The topological polar surface area (TPSA) is 69.7 Å². The molecule has 0 spiro atoms. The normalized spacial score (nSPS) is 18.0. The van der Waals surface area contributed by atoms with Gasteiger partial charge in [-0.25, -0.2) is 17.2 Å². The second-order valence-corrected chi connectivity index (χ2v) is 11.1. The van der Waals surface area contributed by atoms with Gasteiger partial charge in [0.05, 0.1) is 0 Å². The lowest BCUT2D eigenvalue weighted by molar-refractivity contribution is 0.102. The van der Waals surface area contributed by atoms with Gasteiger partial charge in [0.25, 0.3) is 5.91 Å². The van der Waals surface area contributed by atoms with Crippen LogP contribution in [0.4, 0.5) is 20.2 Å². The van der Waals surface area contributed by atoms with Crippen molar-refractivity contribution < 1.29 is 22.0 Å². The summed E-state index contributed by atoms with van der Waals surface area (Å²) in [6.07, 6.45) is 1.76. The van der Waals surface area contributed by atoms with Gasteiger partial charge in [-0.15, -0.1) is 11.3 Å². The predicted molar refractivity (Wildman–Crippen MR) is 116 cm³/mol. The Morgan fingerprint density at radius 1 is 1.03 bits per heavy atom. The van der Waals surface area contributed by atoms with Gasteiger partial charge in [-0.3, -0.25) is 4.79 Å². The van der Waals surface area contributed by atoms with E-state index in [1.165, 1.54) is 15.8 Å². The highest BCUT2D eigenvalue weighted by Crippen LogP contribution is 2.31. The Labute approximate surface area is 182 Å². The fourth-order valence-electron chi connectivity index (χ4n) is 3.66. The van der Waals surface area contributed by atoms with Crippen molar-refractivity contribution in [2.45, 2.75) is 17.7 Å². The minimum Gasteiger partial charge on any atom is -0.367 e. The molecule has 2 aromatic rings. The van der Waals surface area contributed by atoms with E-state index in [9.17, 15) is 22.0 Å². The van der Waals surface area contributed by atoms with Crippen LogP contribution in [0.3, 0.4) is 0 Å². The molecule has 1 amide bonds. The SMILES string of the molecule is O=C(Nc1cc(F)c(N2CCCC2)c(F)c1)c1sccc1S(=O)(=O)N1CCSCC1. The Kier molecular flexibility index (Phi) is 6.33. The smallest absolute Gasteiger partial charge is 0.267 e. The number of rotatable bonds is 5. The Balaban J connectivity index is 1.56. The number of hydrogen-bond acceptors (Lipinski definition) is 6. The molecule has 1 aromatic heterocycles. The molecule has 0 radical (unpaired) electrons. The third-order valence-electron chi connectivity index (χ3n) is 5.12. The molecule has 1 aromatic carbocycles. The lowest BCUT2D eigenvalue weighted by Gasteiger charge is -2.25. The Morgan fingerprint density at radius 2 is 1.67 bits per heavy atom. The summed E-state index contributed by atoms with van der Waals surface area (Å²) in [5.74, 6) is -0.809. The first-order valence-corrected chi connectivity index (χ1v) is 13.1. The van der Waals surface area contributed by atoms with Gasteiger partial charge in [0.15, 0.2) is 11.6 Å². The molecule has 3 heterocycles. The van der Waals surface area contributed by atoms with Crippen molar-refractivity contribution in [1.29, 1.82) is 0 Å². The van der Waals surface area contributed by atoms with Crippen molar-refractivity contribution in [2.24, 2.45) is 0 Å². The second-order valence-electron chi connectivity index (χ2n) is 7.07. The zero-order valence-electron chi connectivity index (χ0n) is 16.1. The summed E-state index contributed by atoms with van der Waals surface area (Å²) in [5.41, 5.74) is -0.142. The molecule has 162 valence electrons. The molecule has 30 heavy (non-hydrogen) atoms. The van der Waals surface area contributed by atoms with Crippen molar-refractivity contribution >= 4 is 50.4 Å². The largest absolute Gasteiger partial charge is 0.367 e. The van der Waals surface area contributed by atoms with Crippen LogP contribution in [-0.4, -0.2) is 56.3 Å². The summed E-state index contributed by atoms with van der Waals surface area (Å²) in [4.78, 5) is 14.3. The minimum absolute atomic E-state index is 0.00216. The summed E-state index contributed by atoms with van der Waals surface area (Å²) in [5, 5.41) is 3.97. The maximum atomic E-state index is 14.5. The van der Waals surface area contributed by atoms with E-state index in [0.717, 1.165) is 36.3 Å². The van der Waals surface area contributed by atoms with Crippen molar-refractivity contribution in [3.05, 3.63) is 40.1 Å². The first-order valence-electron chi connectivity index (χ1n) is 9.58. The number of carbonyl (C=O) groups is 1. The van der Waals surface area contributed by atoms with E-state index in [-0.39, 0.29) is 21.1 Å². The quantitative estimate of drug-likeness (QED) is 0.719. The number of carbonyl (C=O) groups excluding carboxylic acids is 1. The first-order chi connectivity index (χ1) is 14.4. The summed E-state index contributed by atoms with van der Waals surface area (Å²) in [7, 11) is -3.81. The first kappa shape index (κ1) is 21.5. The number of thiophene rings is 1. The van der Waals surface area contributed by atoms with E-state index < -0.39 is 27.6 Å². The number of halogens is 2. The number of nitrogens with zero attached hydrogens (tertiary/aromatic N) is 2. The van der Waals surface area contributed by atoms with Gasteiger partial charge < -0.3 is 10.2 Å². The van der Waals surface area contributed by atoms with Gasteiger partial charge in [0, 0.05) is 43.4 Å². The average molecular weight is 474 g/mol. The summed E-state index contributed by atoms with van der Waals surface area (Å²) in [6, 6.07) is 3.53. The number of nitrogens with one attached hydrogen (secondary N) is 1. The second kappa shape index (κ2) is 8.81. The van der Waals surface area contributed by atoms with Crippen LogP contribution in [0.5, 0.6) is 0 Å². The van der Waals surface area contributed by atoms with Crippen LogP contribution in [0.15, 0.2) is 28.5 Å². The highest BCUT2D eigenvalue weighted by molar-refractivity contribution is 7.99. The summed E-state index contributed by atoms with van der Waals surface area (Å²) >= 11 is 2.66. The molecule has 0 bridgehead atoms. The number of sulfonamides is 1. The third kappa shape index (κ3) is 4.20. The average Bonchev–Trinajstić information content (AvgIpc) is 3.41. The van der Waals surface area contributed by atoms with Crippen molar-refractivity contribution in [1.82, 2.24) is 4.31 Å². The highest BCUT2D eigenvalue weighted by Gasteiger charge is 2.31. The van der Waals surface area contributed by atoms with Crippen molar-refractivity contribution in [3.63, 3.8) is 0 Å². The Hall–Kier alpha value is -1.69. The minimum atomic E-state index is -3.81. The Bertz CT molecular complexity index is 1020. The van der Waals surface area contributed by atoms with Gasteiger partial charge in [-0.1, -0.05) is 0 Å². The van der Waals surface area contributed by atoms with E-state index in [2.05, 4.69) is 5.32 Å². The number of anilines is 2. The van der Waals surface area contributed by atoms with Gasteiger partial charge in [-0.05, 0) is 36.4 Å². The zero-order chi connectivity index (χ0) is 21.3. The van der Waals surface area contributed by atoms with Crippen LogP contribution in [0.1, 0.15) is 22.5 Å². The molecule has 0 unspecified atom stereocenters. The summed E-state index contributed by atoms with van der Waals surface area (Å²) in [6.45, 7) is 1.95. The van der Waals surface area contributed by atoms with Gasteiger partial charge >= 0.3 is 0 Å². The summed E-state index contributed by atoms with van der Waals surface area (Å²) < 4.78 is 56.3. The van der Waals surface area contributed by atoms with Crippen LogP contribution in [0.2, 0.25) is 0 Å². The lowest BCUT2D eigenvalue weighted by atomic mass is 10.2. The number of benzene rings is 1. The van der Waals surface area contributed by atoms with E-state index >= 15 is 0 Å². The molecular weight excluding hydrogens is 452 g/mol. The molecule has 11 heteroatoms. The molecule has 4 rings (SSSR count). The van der Waals surface area contributed by atoms with Crippen LogP contribution in [0, 0.1) is 11.6 Å². The maximum Gasteiger partial charge on any atom is 0.267 e. The van der Waals surface area contributed by atoms with E-state index in [1.54, 1.807) is 16.7 Å². The molecule has 2 aliphatic heterocycles. The molecular formula is C19H21F2N3O3S3. The molecule has 0 atom stereocenters. The standard InChI is InChI=1S/C19H21F2N3O3S3/c20-14-11-13(12-15(21)17(14)23-4-1-2-5-23)22-19(25)18-16(3-8-29-18)30(26,27)24-6-9-28-10-7-24/h3,8,11-12H,1-2,4-7,9-10H2,(H,22,25). The Morgan fingerprint density at radius 3 is 2.30 bits per heavy atom. The van der Waals surface area contributed by atoms with Crippen LogP contribution < -0.4 is 10.2 Å². The van der Waals surface area contributed by atoms with Crippen LogP contribution >= 0.6 is 23.1 Å². The molecule has 2 fully saturated rings. The number of amides is 1. The predicted octanol–water partition coefficient (Wildman–Crippen LogP) is 3.62. The van der Waals surface area contributed by atoms with Crippen molar-refractivity contribution in [2.75, 3.05) is 47.9 Å². The van der Waals surface area contributed by atoms with E-state index in [0.29, 0.717) is 37.7 Å². The zero-order valence-corrected chi connectivity index (χ0v) is 18.5. The van der Waals surface area contributed by atoms with E-state index in [4.69, 9.17) is 0 Å². The van der Waals surface area contributed by atoms with Gasteiger partial charge in [-0.2, -0.15) is 16.1 Å².